The number of hydrogen-bond donors (Lipinski definition) is 1. The van der Waals surface area contributed by atoms with E-state index in [0.717, 1.165) is 0 Å². The fraction of sp³-hybridized carbons (Fsp3) is 0.133. The minimum Gasteiger partial charge on any atom is -0.267 e. The maximum absolute atomic E-state index is 11.9. The average molecular weight is 298 g/mol. The normalized spacial score (nSPS) is 11.1. The molecule has 1 aromatic heterocycles. The number of rotatable bonds is 4. The number of carbonyl (C=O) groups excluding carboxylic acids is 1. The number of pyridine rings is 1. The highest BCUT2D eigenvalue weighted by Gasteiger charge is 2.12. The summed E-state index contributed by atoms with van der Waals surface area (Å²) in [5, 5.41) is 14.9. The van der Waals surface area contributed by atoms with Gasteiger partial charge in [0.1, 0.15) is 0 Å². The fourth-order valence-corrected chi connectivity index (χ4v) is 1.80. The average Bonchev–Trinajstić information content (AvgIpc) is 2.53. The second-order valence-electron chi connectivity index (χ2n) is 4.63. The van der Waals surface area contributed by atoms with Crippen molar-refractivity contribution in [3.8, 4) is 0 Å². The molecule has 112 valence electrons. The van der Waals surface area contributed by atoms with Crippen molar-refractivity contribution in [3.05, 3.63) is 69.5 Å². The highest BCUT2D eigenvalue weighted by atomic mass is 16.6. The number of benzene rings is 1. The summed E-state index contributed by atoms with van der Waals surface area (Å²) in [4.78, 5) is 26.2. The molecule has 0 aliphatic carbocycles. The Morgan fingerprint density at radius 1 is 1.23 bits per heavy atom. The lowest BCUT2D eigenvalue weighted by molar-refractivity contribution is -0.385. The van der Waals surface area contributed by atoms with Gasteiger partial charge in [0.05, 0.1) is 10.6 Å². The lowest BCUT2D eigenvalue weighted by Crippen LogP contribution is -2.19. The minimum atomic E-state index is -0.443. The Morgan fingerprint density at radius 2 is 1.91 bits per heavy atom. The number of nitrogens with one attached hydrogen (secondary N) is 1. The van der Waals surface area contributed by atoms with E-state index in [0.29, 0.717) is 22.4 Å². The van der Waals surface area contributed by atoms with E-state index >= 15 is 0 Å². The topological polar surface area (TPSA) is 97.5 Å². The largest absolute Gasteiger partial charge is 0.272 e. The quantitative estimate of drug-likeness (QED) is 0.532. The van der Waals surface area contributed by atoms with Crippen molar-refractivity contribution >= 4 is 17.3 Å². The first kappa shape index (κ1) is 15.3. The molecule has 0 fully saturated rings. The van der Waals surface area contributed by atoms with Gasteiger partial charge in [0, 0.05) is 35.2 Å². The third-order valence-electron chi connectivity index (χ3n) is 3.09. The zero-order valence-electron chi connectivity index (χ0n) is 12.1. The number of nitro groups is 1. The van der Waals surface area contributed by atoms with Gasteiger partial charge in [-0.05, 0) is 26.0 Å². The van der Waals surface area contributed by atoms with Crippen molar-refractivity contribution in [2.24, 2.45) is 5.10 Å². The maximum Gasteiger partial charge on any atom is 0.272 e. The molecule has 0 atom stereocenters. The van der Waals surface area contributed by atoms with E-state index in [4.69, 9.17) is 0 Å². The molecule has 0 spiro atoms. The first-order valence-electron chi connectivity index (χ1n) is 6.49. The Morgan fingerprint density at radius 3 is 2.55 bits per heavy atom. The van der Waals surface area contributed by atoms with Crippen LogP contribution in [0.15, 0.2) is 47.8 Å². The molecule has 1 aromatic carbocycles. The number of hydrazone groups is 1. The van der Waals surface area contributed by atoms with Gasteiger partial charge >= 0.3 is 0 Å². The maximum atomic E-state index is 11.9. The molecule has 0 saturated carbocycles. The molecule has 22 heavy (non-hydrogen) atoms. The van der Waals surface area contributed by atoms with Crippen LogP contribution in [0.25, 0.3) is 0 Å². The van der Waals surface area contributed by atoms with Gasteiger partial charge in [-0.2, -0.15) is 5.10 Å². The minimum absolute atomic E-state index is 0.0208. The van der Waals surface area contributed by atoms with Crippen molar-refractivity contribution in [1.82, 2.24) is 10.4 Å². The molecular formula is C15H14N4O3. The van der Waals surface area contributed by atoms with Gasteiger partial charge in [-0.15, -0.1) is 0 Å². The third kappa shape index (κ3) is 3.51. The third-order valence-corrected chi connectivity index (χ3v) is 3.09. The number of aryl methyl sites for hydroxylation is 1. The van der Waals surface area contributed by atoms with E-state index in [2.05, 4.69) is 15.5 Å². The van der Waals surface area contributed by atoms with E-state index in [1.54, 1.807) is 38.1 Å². The van der Waals surface area contributed by atoms with E-state index in [1.165, 1.54) is 18.5 Å². The molecule has 2 rings (SSSR count). The monoisotopic (exact) mass is 298 g/mol. The summed E-state index contributed by atoms with van der Waals surface area (Å²) in [6.07, 6.45) is 3.02. The molecule has 0 aliphatic rings. The van der Waals surface area contributed by atoms with E-state index in [-0.39, 0.29) is 11.6 Å². The van der Waals surface area contributed by atoms with Crippen LogP contribution in [0.5, 0.6) is 0 Å². The van der Waals surface area contributed by atoms with Gasteiger partial charge in [0.15, 0.2) is 0 Å². The Balaban J connectivity index is 2.18. The second kappa shape index (κ2) is 6.57. The number of nitrogens with zero attached hydrogens (tertiary/aromatic N) is 3. The van der Waals surface area contributed by atoms with Crippen LogP contribution >= 0.6 is 0 Å². The molecule has 2 aromatic rings. The van der Waals surface area contributed by atoms with Crippen LogP contribution in [0.1, 0.15) is 28.4 Å². The van der Waals surface area contributed by atoms with Crippen molar-refractivity contribution in [2.45, 2.75) is 13.8 Å². The summed E-state index contributed by atoms with van der Waals surface area (Å²) in [6, 6.07) is 7.94. The highest BCUT2D eigenvalue weighted by molar-refractivity contribution is 6.01. The van der Waals surface area contributed by atoms with E-state index in [9.17, 15) is 14.9 Å². The van der Waals surface area contributed by atoms with Crippen molar-refractivity contribution in [3.63, 3.8) is 0 Å². The first-order chi connectivity index (χ1) is 10.5. The van der Waals surface area contributed by atoms with Crippen molar-refractivity contribution in [2.75, 3.05) is 0 Å². The molecule has 1 amide bonds. The van der Waals surface area contributed by atoms with Gasteiger partial charge < -0.3 is 0 Å². The summed E-state index contributed by atoms with van der Waals surface area (Å²) < 4.78 is 0. The van der Waals surface area contributed by atoms with Crippen LogP contribution in [-0.2, 0) is 0 Å². The van der Waals surface area contributed by atoms with Crippen LogP contribution < -0.4 is 5.43 Å². The van der Waals surface area contributed by atoms with Gasteiger partial charge in [-0.3, -0.25) is 19.9 Å². The SMILES string of the molecule is C/C(=N\NC(=O)c1ccncc1)c1ccc(C)c([N+](=O)[O-])c1. The molecule has 0 saturated heterocycles. The van der Waals surface area contributed by atoms with Crippen LogP contribution in [-0.4, -0.2) is 21.5 Å². The smallest absolute Gasteiger partial charge is 0.267 e. The fourth-order valence-electron chi connectivity index (χ4n) is 1.80. The molecule has 0 aliphatic heterocycles. The summed E-state index contributed by atoms with van der Waals surface area (Å²) in [5.41, 5.74) is 4.49. The summed E-state index contributed by atoms with van der Waals surface area (Å²) in [5.74, 6) is -0.372. The van der Waals surface area contributed by atoms with Gasteiger partial charge in [-0.1, -0.05) is 12.1 Å². The van der Waals surface area contributed by atoms with Crippen molar-refractivity contribution in [1.29, 1.82) is 0 Å². The second-order valence-corrected chi connectivity index (χ2v) is 4.63. The molecule has 1 N–H and O–H groups in total. The number of carbonyl (C=O) groups is 1. The Hall–Kier alpha value is -3.09. The van der Waals surface area contributed by atoms with Crippen molar-refractivity contribution < 1.29 is 9.72 Å². The molecule has 1 heterocycles. The van der Waals surface area contributed by atoms with Crippen LogP contribution in [0.3, 0.4) is 0 Å². The van der Waals surface area contributed by atoms with Gasteiger partial charge in [0.2, 0.25) is 0 Å². The summed E-state index contributed by atoms with van der Waals surface area (Å²) in [7, 11) is 0. The molecule has 0 unspecified atom stereocenters. The molecule has 7 heteroatoms. The number of nitro benzene ring substituents is 1. The number of hydrogen-bond acceptors (Lipinski definition) is 5. The Kier molecular flexibility index (Phi) is 4.57. The predicted octanol–water partition coefficient (Wildman–Crippen LogP) is 2.45. The standard InChI is InChI=1S/C15H14N4O3/c1-10-3-4-13(9-14(10)19(21)22)11(2)17-18-15(20)12-5-7-16-8-6-12/h3-9H,1-2H3,(H,18,20)/b17-11+. The van der Waals surface area contributed by atoms with Gasteiger partial charge in [-0.25, -0.2) is 5.43 Å². The van der Waals surface area contributed by atoms with E-state index < -0.39 is 4.92 Å². The lowest BCUT2D eigenvalue weighted by Gasteiger charge is -2.04. The molecule has 7 nitrogen and oxygen atoms in total. The number of amides is 1. The number of aromatic nitrogens is 1. The van der Waals surface area contributed by atoms with Crippen LogP contribution in [0, 0.1) is 17.0 Å². The first-order valence-corrected chi connectivity index (χ1v) is 6.49. The zero-order valence-corrected chi connectivity index (χ0v) is 12.1. The zero-order chi connectivity index (χ0) is 16.1. The Bertz CT molecular complexity index is 742. The summed E-state index contributed by atoms with van der Waals surface area (Å²) in [6.45, 7) is 3.33. The molecule has 0 radical (unpaired) electrons. The van der Waals surface area contributed by atoms with E-state index in [1.807, 2.05) is 0 Å². The van der Waals surface area contributed by atoms with Crippen LogP contribution in [0.4, 0.5) is 5.69 Å². The molecule has 0 bridgehead atoms. The lowest BCUT2D eigenvalue weighted by atomic mass is 10.1. The highest BCUT2D eigenvalue weighted by Crippen LogP contribution is 2.19. The summed E-state index contributed by atoms with van der Waals surface area (Å²) >= 11 is 0. The van der Waals surface area contributed by atoms with Gasteiger partial charge in [0.25, 0.3) is 11.6 Å². The Labute approximate surface area is 126 Å². The molecular weight excluding hydrogens is 284 g/mol. The predicted molar refractivity (Wildman–Crippen MR) is 81.7 cm³/mol. The van der Waals surface area contributed by atoms with Crippen LogP contribution in [0.2, 0.25) is 0 Å².